The molecule has 46 heavy (non-hydrogen) atoms. The molecular formula is C33H59NO12. The Morgan fingerprint density at radius 3 is 1.13 bits per heavy atom. The van der Waals surface area contributed by atoms with Crippen molar-refractivity contribution in [1.82, 2.24) is 0 Å². The zero-order valence-corrected chi connectivity index (χ0v) is 28.2. The number of unbranched alkanes of at least 4 members (excludes halogenated alkanes) is 1. The van der Waals surface area contributed by atoms with Crippen LogP contribution in [0.1, 0.15) is 37.0 Å². The summed E-state index contributed by atoms with van der Waals surface area (Å²) in [4.78, 5) is 12.1. The second-order valence-electron chi connectivity index (χ2n) is 9.70. The lowest BCUT2D eigenvalue weighted by molar-refractivity contribution is -0.0270. The zero-order chi connectivity index (χ0) is 33.0. The van der Waals surface area contributed by atoms with Crippen molar-refractivity contribution in [2.75, 3.05) is 151 Å². The summed E-state index contributed by atoms with van der Waals surface area (Å²) in [6, 6.07) is 7.29. The summed E-state index contributed by atoms with van der Waals surface area (Å²) in [7, 11) is 0. The van der Waals surface area contributed by atoms with Gasteiger partial charge in [-0.1, -0.05) is 13.3 Å². The molecule has 0 unspecified atom stereocenters. The molecule has 0 bridgehead atoms. The molecule has 0 saturated carbocycles. The van der Waals surface area contributed by atoms with Gasteiger partial charge in [0, 0.05) is 18.8 Å². The van der Waals surface area contributed by atoms with Gasteiger partial charge in [-0.2, -0.15) is 0 Å². The minimum absolute atomic E-state index is 0.192. The lowest BCUT2D eigenvalue weighted by Crippen LogP contribution is -2.15. The molecule has 0 heterocycles. The van der Waals surface area contributed by atoms with Crippen molar-refractivity contribution in [2.45, 2.75) is 26.7 Å². The molecule has 0 aliphatic rings. The maximum Gasteiger partial charge on any atom is 0.338 e. The van der Waals surface area contributed by atoms with Crippen LogP contribution in [0.5, 0.6) is 0 Å². The van der Waals surface area contributed by atoms with Crippen molar-refractivity contribution in [2.24, 2.45) is 0 Å². The smallest absolute Gasteiger partial charge is 0.338 e. The average Bonchev–Trinajstić information content (AvgIpc) is 3.07. The van der Waals surface area contributed by atoms with E-state index in [1.807, 2.05) is 19.1 Å². The zero-order valence-electron chi connectivity index (χ0n) is 28.2. The second-order valence-corrected chi connectivity index (χ2v) is 9.70. The van der Waals surface area contributed by atoms with Gasteiger partial charge in [0.2, 0.25) is 0 Å². The molecule has 0 radical (unpaired) electrons. The van der Waals surface area contributed by atoms with Gasteiger partial charge in [-0.25, -0.2) is 4.79 Å². The van der Waals surface area contributed by atoms with Crippen LogP contribution in [-0.4, -0.2) is 151 Å². The molecule has 1 aromatic carbocycles. The predicted octanol–water partition coefficient (Wildman–Crippen LogP) is 3.24. The highest BCUT2D eigenvalue weighted by molar-refractivity contribution is 5.89. The first-order valence-corrected chi connectivity index (χ1v) is 16.6. The Morgan fingerprint density at radius 1 is 0.478 bits per heavy atom. The third-order valence-corrected chi connectivity index (χ3v) is 5.99. The second kappa shape index (κ2) is 34.4. The molecule has 0 atom stereocenters. The Kier molecular flexibility index (Phi) is 31.5. The molecule has 0 spiro atoms. The summed E-state index contributed by atoms with van der Waals surface area (Å²) in [5.74, 6) is -0.360. The minimum Gasteiger partial charge on any atom is -0.460 e. The van der Waals surface area contributed by atoms with Crippen LogP contribution in [0.15, 0.2) is 24.3 Å². The highest BCUT2D eigenvalue weighted by atomic mass is 16.6. The van der Waals surface area contributed by atoms with Gasteiger partial charge >= 0.3 is 5.97 Å². The monoisotopic (exact) mass is 661 g/mol. The quantitative estimate of drug-likeness (QED) is 0.0835. The summed E-state index contributed by atoms with van der Waals surface area (Å²) in [6.07, 6.45) is 2.25. The molecule has 0 aliphatic carbocycles. The first kappa shape index (κ1) is 42.1. The highest BCUT2D eigenvalue weighted by Crippen LogP contribution is 2.10. The van der Waals surface area contributed by atoms with Gasteiger partial charge in [0.15, 0.2) is 0 Å². The molecule has 13 heteroatoms. The maximum absolute atomic E-state index is 12.1. The van der Waals surface area contributed by atoms with Crippen LogP contribution < -0.4 is 5.32 Å². The molecule has 0 saturated heterocycles. The van der Waals surface area contributed by atoms with Gasteiger partial charge in [-0.05, 0) is 37.6 Å². The number of nitrogens with one attached hydrogen (secondary N) is 1. The molecule has 0 aliphatic heterocycles. The summed E-state index contributed by atoms with van der Waals surface area (Å²) in [6.45, 7) is 15.4. The molecule has 0 aromatic heterocycles. The molecule has 0 fully saturated rings. The van der Waals surface area contributed by atoms with E-state index in [0.717, 1.165) is 25.1 Å². The number of hydrogen-bond acceptors (Lipinski definition) is 13. The van der Waals surface area contributed by atoms with E-state index >= 15 is 0 Å². The normalized spacial score (nSPS) is 11.3. The third kappa shape index (κ3) is 28.3. The maximum atomic E-state index is 12.1. The van der Waals surface area contributed by atoms with Crippen molar-refractivity contribution >= 4 is 11.7 Å². The molecule has 1 rings (SSSR count). The first-order chi connectivity index (χ1) is 22.8. The number of esters is 1. The molecule has 1 N–H and O–H groups in total. The number of carbonyl (C=O) groups is 1. The number of carbonyl (C=O) groups excluding carboxylic acids is 1. The molecular weight excluding hydrogens is 602 g/mol. The van der Waals surface area contributed by atoms with Gasteiger partial charge in [0.1, 0.15) is 6.61 Å². The Bertz CT molecular complexity index is 772. The van der Waals surface area contributed by atoms with E-state index in [1.165, 1.54) is 0 Å². The van der Waals surface area contributed by atoms with Crippen LogP contribution in [0.2, 0.25) is 0 Å². The standard InChI is InChI=1S/C33H59NO12/c1-3-5-10-34-32-8-6-31(7-9-32)33(35)46-30-29-45-28-27-44-26-25-43-24-23-42-22-21-41-20-19-40-18-17-39-16-15-38-14-13-37-12-11-36-4-2/h6-9,34H,3-5,10-30H2,1-2H3. The van der Waals surface area contributed by atoms with Crippen LogP contribution in [0.3, 0.4) is 0 Å². The Morgan fingerprint density at radius 2 is 0.804 bits per heavy atom. The van der Waals surface area contributed by atoms with E-state index in [4.69, 9.17) is 52.1 Å². The molecule has 13 nitrogen and oxygen atoms in total. The fourth-order valence-electron chi connectivity index (χ4n) is 3.53. The van der Waals surface area contributed by atoms with Gasteiger partial charge in [0.25, 0.3) is 0 Å². The van der Waals surface area contributed by atoms with E-state index in [0.29, 0.717) is 138 Å². The summed E-state index contributed by atoms with van der Waals surface area (Å²) >= 11 is 0. The summed E-state index contributed by atoms with van der Waals surface area (Å²) in [5.41, 5.74) is 1.52. The van der Waals surface area contributed by atoms with E-state index < -0.39 is 0 Å². The summed E-state index contributed by atoms with van der Waals surface area (Å²) in [5, 5.41) is 3.32. The van der Waals surface area contributed by atoms with Crippen molar-refractivity contribution in [1.29, 1.82) is 0 Å². The lowest BCUT2D eigenvalue weighted by Gasteiger charge is -2.09. The van der Waals surface area contributed by atoms with E-state index in [1.54, 1.807) is 12.1 Å². The van der Waals surface area contributed by atoms with Crippen LogP contribution in [-0.2, 0) is 52.1 Å². The summed E-state index contributed by atoms with van der Waals surface area (Å²) < 4.78 is 59.5. The van der Waals surface area contributed by atoms with Crippen molar-refractivity contribution in [3.63, 3.8) is 0 Å². The molecule has 0 amide bonds. The lowest BCUT2D eigenvalue weighted by atomic mass is 10.2. The number of rotatable bonds is 36. The van der Waals surface area contributed by atoms with Crippen LogP contribution in [0.25, 0.3) is 0 Å². The number of anilines is 1. The Labute approximate surface area is 275 Å². The Balaban J connectivity index is 1.71. The fourth-order valence-corrected chi connectivity index (χ4v) is 3.53. The van der Waals surface area contributed by atoms with Gasteiger partial charge in [-0.3, -0.25) is 0 Å². The predicted molar refractivity (Wildman–Crippen MR) is 174 cm³/mol. The largest absolute Gasteiger partial charge is 0.460 e. The molecule has 1 aromatic rings. The van der Waals surface area contributed by atoms with Crippen LogP contribution >= 0.6 is 0 Å². The molecule has 268 valence electrons. The van der Waals surface area contributed by atoms with E-state index in [9.17, 15) is 4.79 Å². The number of benzene rings is 1. The van der Waals surface area contributed by atoms with Crippen molar-refractivity contribution < 1.29 is 56.9 Å². The van der Waals surface area contributed by atoms with E-state index in [2.05, 4.69) is 12.2 Å². The van der Waals surface area contributed by atoms with Gasteiger partial charge < -0.3 is 57.4 Å². The topological polar surface area (TPSA) is 131 Å². The SMILES string of the molecule is CCCCNc1ccc(C(=O)OCCOCCOCCOCCOCCOCCOCCOCCOCCOCCOCC)cc1. The third-order valence-electron chi connectivity index (χ3n) is 5.99. The van der Waals surface area contributed by atoms with Crippen molar-refractivity contribution in [3.8, 4) is 0 Å². The average molecular weight is 662 g/mol. The Hall–Kier alpha value is -1.91. The van der Waals surface area contributed by atoms with E-state index in [-0.39, 0.29) is 12.6 Å². The van der Waals surface area contributed by atoms with Crippen LogP contribution in [0, 0.1) is 0 Å². The van der Waals surface area contributed by atoms with Gasteiger partial charge in [0.05, 0.1) is 131 Å². The highest BCUT2D eigenvalue weighted by Gasteiger charge is 2.06. The number of hydrogen-bond donors (Lipinski definition) is 1. The van der Waals surface area contributed by atoms with Gasteiger partial charge in [-0.15, -0.1) is 0 Å². The minimum atomic E-state index is -0.360. The fraction of sp³-hybridized carbons (Fsp3) is 0.788. The van der Waals surface area contributed by atoms with Crippen LogP contribution in [0.4, 0.5) is 5.69 Å². The van der Waals surface area contributed by atoms with Crippen molar-refractivity contribution in [3.05, 3.63) is 29.8 Å². The number of ether oxygens (including phenoxy) is 11. The first-order valence-electron chi connectivity index (χ1n) is 16.6.